The van der Waals surface area contributed by atoms with Gasteiger partial charge in [-0.3, -0.25) is 4.98 Å². The molecule has 0 fully saturated rings. The molecular weight excluding hydrogens is 222 g/mol. The number of hydrogen-bond donors (Lipinski definition) is 0. The third-order valence-corrected chi connectivity index (χ3v) is 1.47. The van der Waals surface area contributed by atoms with Gasteiger partial charge in [0.25, 0.3) is 0 Å². The van der Waals surface area contributed by atoms with Gasteiger partial charge in [0.2, 0.25) is 0 Å². The van der Waals surface area contributed by atoms with Gasteiger partial charge in [0.15, 0.2) is 0 Å². The number of aromatic nitrogens is 1. The standard InChI is InChI=1S/C8H6F3NO2.Na/c9-8(10,11)5-1-2-12-6(3-5)4-7(13)14;/h1-3H,4H2,(H,13,14);/q;+1/p-1. The summed E-state index contributed by atoms with van der Waals surface area (Å²) in [4.78, 5) is 13.6. The Hall–Kier alpha value is -0.590. The zero-order valence-electron chi connectivity index (χ0n) is 7.84. The largest absolute Gasteiger partial charge is 1.00 e. The van der Waals surface area contributed by atoms with Gasteiger partial charge < -0.3 is 9.90 Å². The molecule has 0 spiro atoms. The minimum atomic E-state index is -4.48. The van der Waals surface area contributed by atoms with E-state index in [1.165, 1.54) is 0 Å². The van der Waals surface area contributed by atoms with Crippen LogP contribution >= 0.6 is 0 Å². The average Bonchev–Trinajstić information content (AvgIpc) is 2.01. The molecule has 1 aromatic heterocycles. The molecule has 0 unspecified atom stereocenters. The fourth-order valence-corrected chi connectivity index (χ4v) is 0.899. The van der Waals surface area contributed by atoms with Crippen LogP contribution < -0.4 is 34.7 Å². The van der Waals surface area contributed by atoms with Gasteiger partial charge >= 0.3 is 35.7 Å². The first-order valence-electron chi connectivity index (χ1n) is 3.61. The van der Waals surface area contributed by atoms with Gasteiger partial charge in [0.05, 0.1) is 5.56 Å². The van der Waals surface area contributed by atoms with Crippen LogP contribution in [0, 0.1) is 0 Å². The molecule has 76 valence electrons. The molecular formula is C8H5F3NNaO2. The van der Waals surface area contributed by atoms with Gasteiger partial charge in [-0.1, -0.05) is 0 Å². The van der Waals surface area contributed by atoms with Crippen LogP contribution in [0.25, 0.3) is 0 Å². The van der Waals surface area contributed by atoms with E-state index in [4.69, 9.17) is 0 Å². The van der Waals surface area contributed by atoms with E-state index in [-0.39, 0.29) is 35.3 Å². The van der Waals surface area contributed by atoms with Crippen molar-refractivity contribution in [3.63, 3.8) is 0 Å². The molecule has 1 rings (SSSR count). The van der Waals surface area contributed by atoms with E-state index in [9.17, 15) is 23.1 Å². The minimum absolute atomic E-state index is 0. The van der Waals surface area contributed by atoms with E-state index in [2.05, 4.69) is 4.98 Å². The van der Waals surface area contributed by atoms with Crippen LogP contribution in [0.3, 0.4) is 0 Å². The summed E-state index contributed by atoms with van der Waals surface area (Å²) < 4.78 is 36.3. The number of hydrogen-bond acceptors (Lipinski definition) is 3. The minimum Gasteiger partial charge on any atom is -0.550 e. The number of alkyl halides is 3. The molecule has 0 radical (unpaired) electrons. The Morgan fingerprint density at radius 1 is 1.47 bits per heavy atom. The predicted octanol–water partition coefficient (Wildman–Crippen LogP) is -2.60. The molecule has 0 aliphatic heterocycles. The zero-order valence-corrected chi connectivity index (χ0v) is 9.84. The second kappa shape index (κ2) is 5.48. The number of nitrogens with zero attached hydrogens (tertiary/aromatic N) is 1. The average molecular weight is 227 g/mol. The number of rotatable bonds is 2. The third kappa shape index (κ3) is 4.63. The van der Waals surface area contributed by atoms with E-state index < -0.39 is 24.1 Å². The molecule has 0 amide bonds. The fraction of sp³-hybridized carbons (Fsp3) is 0.250. The second-order valence-electron chi connectivity index (χ2n) is 2.58. The smallest absolute Gasteiger partial charge is 0.550 e. The van der Waals surface area contributed by atoms with Crippen LogP contribution in [0.2, 0.25) is 0 Å². The number of pyridine rings is 1. The first-order valence-corrected chi connectivity index (χ1v) is 3.61. The molecule has 0 bridgehead atoms. The van der Waals surface area contributed by atoms with Crippen LogP contribution in [0.5, 0.6) is 0 Å². The molecule has 0 aliphatic carbocycles. The maximum absolute atomic E-state index is 12.1. The summed E-state index contributed by atoms with van der Waals surface area (Å²) in [7, 11) is 0. The van der Waals surface area contributed by atoms with Crippen molar-refractivity contribution in [2.45, 2.75) is 12.6 Å². The maximum atomic E-state index is 12.1. The van der Waals surface area contributed by atoms with Crippen molar-refractivity contribution in [2.75, 3.05) is 0 Å². The van der Waals surface area contributed by atoms with E-state index >= 15 is 0 Å². The summed E-state index contributed by atoms with van der Waals surface area (Å²) in [6.45, 7) is 0. The van der Waals surface area contributed by atoms with E-state index in [1.54, 1.807) is 0 Å². The summed E-state index contributed by atoms with van der Waals surface area (Å²) in [6.07, 6.45) is -4.19. The summed E-state index contributed by atoms with van der Waals surface area (Å²) in [5.74, 6) is -1.46. The Kier molecular flexibility index (Phi) is 5.27. The van der Waals surface area contributed by atoms with E-state index in [0.717, 1.165) is 12.3 Å². The molecule has 0 saturated carbocycles. The van der Waals surface area contributed by atoms with Gasteiger partial charge in [-0.05, 0) is 12.1 Å². The summed E-state index contributed by atoms with van der Waals surface area (Å²) in [5.41, 5.74) is -1.08. The zero-order chi connectivity index (χ0) is 10.8. The molecule has 1 heterocycles. The first-order chi connectivity index (χ1) is 6.39. The van der Waals surface area contributed by atoms with E-state index in [0.29, 0.717) is 6.07 Å². The molecule has 0 aromatic carbocycles. The van der Waals surface area contributed by atoms with Gasteiger partial charge in [-0.25, -0.2) is 0 Å². The second-order valence-corrected chi connectivity index (χ2v) is 2.58. The molecule has 3 nitrogen and oxygen atoms in total. The van der Waals surface area contributed by atoms with Gasteiger partial charge in [0, 0.05) is 24.3 Å². The number of carboxylic acid groups (broad SMARTS) is 1. The SMILES string of the molecule is O=C([O-])Cc1cc(C(F)(F)F)ccn1.[Na+]. The van der Waals surface area contributed by atoms with Crippen LogP contribution in [0.1, 0.15) is 11.3 Å². The summed E-state index contributed by atoms with van der Waals surface area (Å²) in [6, 6.07) is 1.47. The van der Waals surface area contributed by atoms with Gasteiger partial charge in [-0.2, -0.15) is 13.2 Å². The molecule has 7 heteroatoms. The van der Waals surface area contributed by atoms with E-state index in [1.807, 2.05) is 0 Å². The normalized spacial score (nSPS) is 10.6. The molecule has 0 saturated heterocycles. The third-order valence-electron chi connectivity index (χ3n) is 1.47. The van der Waals surface area contributed by atoms with Crippen molar-refractivity contribution in [1.82, 2.24) is 4.98 Å². The fourth-order valence-electron chi connectivity index (χ4n) is 0.899. The summed E-state index contributed by atoms with van der Waals surface area (Å²) in [5, 5.41) is 10.1. The molecule has 0 N–H and O–H groups in total. The van der Waals surface area contributed by atoms with Crippen molar-refractivity contribution < 1.29 is 52.6 Å². The van der Waals surface area contributed by atoms with Crippen LogP contribution in [0.15, 0.2) is 18.3 Å². The molecule has 15 heavy (non-hydrogen) atoms. The Labute approximate surface area is 106 Å². The van der Waals surface area contributed by atoms with Crippen molar-refractivity contribution in [3.8, 4) is 0 Å². The number of carbonyl (C=O) groups is 1. The molecule has 0 aliphatic rings. The first kappa shape index (κ1) is 14.4. The Morgan fingerprint density at radius 3 is 2.53 bits per heavy atom. The Balaban J connectivity index is 0.00000196. The number of aliphatic carboxylic acids is 1. The monoisotopic (exact) mass is 227 g/mol. The Morgan fingerprint density at radius 2 is 2.07 bits per heavy atom. The van der Waals surface area contributed by atoms with Crippen LogP contribution in [0.4, 0.5) is 13.2 Å². The van der Waals surface area contributed by atoms with Gasteiger partial charge in [-0.15, -0.1) is 0 Å². The maximum Gasteiger partial charge on any atom is 1.00 e. The van der Waals surface area contributed by atoms with Gasteiger partial charge in [0.1, 0.15) is 0 Å². The molecule has 0 atom stereocenters. The topological polar surface area (TPSA) is 53.0 Å². The van der Waals surface area contributed by atoms with Crippen molar-refractivity contribution in [1.29, 1.82) is 0 Å². The van der Waals surface area contributed by atoms with Crippen molar-refractivity contribution in [2.24, 2.45) is 0 Å². The quantitative estimate of drug-likeness (QED) is 0.520. The van der Waals surface area contributed by atoms with Crippen molar-refractivity contribution in [3.05, 3.63) is 29.6 Å². The van der Waals surface area contributed by atoms with Crippen LogP contribution in [-0.4, -0.2) is 11.0 Å². The molecule has 1 aromatic rings. The number of halogens is 3. The predicted molar refractivity (Wildman–Crippen MR) is 38.0 cm³/mol. The van der Waals surface area contributed by atoms with Crippen LogP contribution in [-0.2, 0) is 17.4 Å². The number of carboxylic acids is 1. The summed E-state index contributed by atoms with van der Waals surface area (Å²) >= 11 is 0. The van der Waals surface area contributed by atoms with Crippen molar-refractivity contribution >= 4 is 5.97 Å². The Bertz CT molecular complexity index is 354. The number of carbonyl (C=O) groups excluding carboxylic acids is 1.